The third-order valence-corrected chi connectivity index (χ3v) is 3.91. The first-order chi connectivity index (χ1) is 9.60. The van der Waals surface area contributed by atoms with Gasteiger partial charge in [0.2, 0.25) is 0 Å². The molecule has 0 aliphatic rings. The third-order valence-electron chi connectivity index (χ3n) is 2.86. The molecule has 6 nitrogen and oxygen atoms in total. The smallest absolute Gasteiger partial charge is 0.191 e. The molecule has 0 aromatic carbocycles. The van der Waals surface area contributed by atoms with Gasteiger partial charge in [-0.1, -0.05) is 30.8 Å². The molecule has 110 valence electrons. The van der Waals surface area contributed by atoms with Crippen LogP contribution >= 0.6 is 11.8 Å². The Morgan fingerprint density at radius 1 is 1.40 bits per heavy atom. The Bertz CT molecular complexity index is 549. The normalized spacial score (nSPS) is 11.4. The van der Waals surface area contributed by atoms with Gasteiger partial charge in [0.25, 0.3) is 0 Å². The summed E-state index contributed by atoms with van der Waals surface area (Å²) >= 11 is 1.61. The van der Waals surface area contributed by atoms with Crippen molar-refractivity contribution in [1.82, 2.24) is 19.9 Å². The van der Waals surface area contributed by atoms with E-state index in [1.807, 2.05) is 17.7 Å². The van der Waals surface area contributed by atoms with Crippen molar-refractivity contribution in [1.29, 1.82) is 0 Å². The van der Waals surface area contributed by atoms with E-state index < -0.39 is 0 Å². The Morgan fingerprint density at radius 3 is 2.90 bits per heavy atom. The van der Waals surface area contributed by atoms with Crippen molar-refractivity contribution >= 4 is 11.8 Å². The molecule has 0 aliphatic heterocycles. The van der Waals surface area contributed by atoms with Gasteiger partial charge in [-0.05, 0) is 12.5 Å². The van der Waals surface area contributed by atoms with Crippen molar-refractivity contribution in [2.24, 2.45) is 18.7 Å². The van der Waals surface area contributed by atoms with E-state index in [-0.39, 0.29) is 0 Å². The second-order valence-corrected chi connectivity index (χ2v) is 6.11. The van der Waals surface area contributed by atoms with Crippen LogP contribution in [0.4, 0.5) is 0 Å². The lowest BCUT2D eigenvalue weighted by Gasteiger charge is -2.01. The molecule has 7 heteroatoms. The van der Waals surface area contributed by atoms with Crippen LogP contribution in [0.5, 0.6) is 0 Å². The van der Waals surface area contributed by atoms with Gasteiger partial charge in [-0.15, -0.1) is 10.2 Å². The lowest BCUT2D eigenvalue weighted by Crippen LogP contribution is -2.08. The van der Waals surface area contributed by atoms with Crippen LogP contribution in [0.25, 0.3) is 0 Å². The number of hydrogen-bond acceptors (Lipinski definition) is 6. The second-order valence-electron chi connectivity index (χ2n) is 5.17. The maximum atomic E-state index is 5.54. The molecule has 0 aliphatic carbocycles. The van der Waals surface area contributed by atoms with Crippen molar-refractivity contribution in [2.45, 2.75) is 37.6 Å². The van der Waals surface area contributed by atoms with E-state index in [1.54, 1.807) is 11.8 Å². The minimum atomic E-state index is 0.570. The fourth-order valence-corrected chi connectivity index (χ4v) is 2.69. The predicted molar refractivity (Wildman–Crippen MR) is 78.4 cm³/mol. The van der Waals surface area contributed by atoms with Gasteiger partial charge in [0.15, 0.2) is 5.16 Å². The van der Waals surface area contributed by atoms with Crippen LogP contribution in [0.15, 0.2) is 15.7 Å². The summed E-state index contributed by atoms with van der Waals surface area (Å²) in [5, 5.41) is 13.3. The van der Waals surface area contributed by atoms with Gasteiger partial charge in [0.05, 0.1) is 5.69 Å². The van der Waals surface area contributed by atoms with E-state index in [0.717, 1.165) is 41.0 Å². The fourth-order valence-electron chi connectivity index (χ4n) is 1.88. The average molecular weight is 295 g/mol. The molecule has 0 saturated carbocycles. The fraction of sp³-hybridized carbons (Fsp3) is 0.615. The summed E-state index contributed by atoms with van der Waals surface area (Å²) in [6, 6.07) is 2.02. The SMILES string of the molecule is CC(C)Cc1cc(CSc2nnc(CCN)n2C)no1. The lowest BCUT2D eigenvalue weighted by molar-refractivity contribution is 0.365. The van der Waals surface area contributed by atoms with Crippen LogP contribution in [0, 0.1) is 5.92 Å². The van der Waals surface area contributed by atoms with Crippen molar-refractivity contribution in [3.63, 3.8) is 0 Å². The summed E-state index contributed by atoms with van der Waals surface area (Å²) in [4.78, 5) is 0. The first kappa shape index (κ1) is 15.1. The summed E-state index contributed by atoms with van der Waals surface area (Å²) in [7, 11) is 1.96. The van der Waals surface area contributed by atoms with Gasteiger partial charge in [0, 0.05) is 31.7 Å². The zero-order chi connectivity index (χ0) is 14.5. The van der Waals surface area contributed by atoms with Crippen molar-refractivity contribution in [3.8, 4) is 0 Å². The van der Waals surface area contributed by atoms with E-state index in [4.69, 9.17) is 10.3 Å². The number of nitrogens with two attached hydrogens (primary N) is 1. The van der Waals surface area contributed by atoms with Crippen LogP contribution in [0.1, 0.15) is 31.1 Å². The Kier molecular flexibility index (Phi) is 5.19. The minimum Gasteiger partial charge on any atom is -0.361 e. The van der Waals surface area contributed by atoms with Crippen LogP contribution in [-0.4, -0.2) is 26.5 Å². The Balaban J connectivity index is 1.93. The number of hydrogen-bond donors (Lipinski definition) is 1. The second kappa shape index (κ2) is 6.90. The van der Waals surface area contributed by atoms with E-state index in [0.29, 0.717) is 12.5 Å². The van der Waals surface area contributed by atoms with E-state index in [1.165, 1.54) is 0 Å². The molecule has 0 spiro atoms. The monoisotopic (exact) mass is 295 g/mol. The quantitative estimate of drug-likeness (QED) is 0.784. The summed E-state index contributed by atoms with van der Waals surface area (Å²) < 4.78 is 7.29. The molecule has 0 fully saturated rings. The Labute approximate surface area is 123 Å². The average Bonchev–Trinajstić information content (AvgIpc) is 2.96. The topological polar surface area (TPSA) is 82.8 Å². The molecule has 20 heavy (non-hydrogen) atoms. The first-order valence-electron chi connectivity index (χ1n) is 6.75. The Morgan fingerprint density at radius 2 is 2.20 bits per heavy atom. The predicted octanol–water partition coefficient (Wildman–Crippen LogP) is 1.80. The highest BCUT2D eigenvalue weighted by Gasteiger charge is 2.11. The van der Waals surface area contributed by atoms with Crippen LogP contribution in [-0.2, 0) is 25.6 Å². The van der Waals surface area contributed by atoms with Gasteiger partial charge in [-0.2, -0.15) is 0 Å². The summed E-state index contributed by atoms with van der Waals surface area (Å²) in [6.45, 7) is 4.91. The molecule has 2 aromatic heterocycles. The molecule has 2 heterocycles. The van der Waals surface area contributed by atoms with E-state index >= 15 is 0 Å². The standard InChI is InChI=1S/C13H21N5OS/c1-9(2)6-11-7-10(17-19-11)8-20-13-16-15-12(4-5-14)18(13)3/h7,9H,4-6,8,14H2,1-3H3. The molecule has 0 saturated heterocycles. The molecule has 0 amide bonds. The molecule has 0 atom stereocenters. The first-order valence-corrected chi connectivity index (χ1v) is 7.74. The number of rotatable bonds is 7. The molecule has 2 N–H and O–H groups in total. The van der Waals surface area contributed by atoms with Crippen LogP contribution in [0.3, 0.4) is 0 Å². The van der Waals surface area contributed by atoms with Crippen molar-refractivity contribution < 1.29 is 4.52 Å². The summed E-state index contributed by atoms with van der Waals surface area (Å²) in [6.07, 6.45) is 1.66. The van der Waals surface area contributed by atoms with Gasteiger partial charge in [-0.3, -0.25) is 0 Å². The highest BCUT2D eigenvalue weighted by molar-refractivity contribution is 7.98. The highest BCUT2D eigenvalue weighted by atomic mass is 32.2. The van der Waals surface area contributed by atoms with Crippen LogP contribution < -0.4 is 5.73 Å². The Hall–Kier alpha value is -1.34. The highest BCUT2D eigenvalue weighted by Crippen LogP contribution is 2.21. The molecule has 0 radical (unpaired) electrons. The molecule has 2 aromatic rings. The lowest BCUT2D eigenvalue weighted by atomic mass is 10.1. The van der Waals surface area contributed by atoms with Gasteiger partial charge < -0.3 is 14.8 Å². The van der Waals surface area contributed by atoms with Crippen molar-refractivity contribution in [3.05, 3.63) is 23.3 Å². The van der Waals surface area contributed by atoms with Crippen LogP contribution in [0.2, 0.25) is 0 Å². The zero-order valence-corrected chi connectivity index (χ0v) is 13.0. The summed E-state index contributed by atoms with van der Waals surface area (Å²) in [5.41, 5.74) is 6.47. The van der Waals surface area contributed by atoms with Gasteiger partial charge >= 0.3 is 0 Å². The molecule has 2 rings (SSSR count). The maximum absolute atomic E-state index is 5.54. The van der Waals surface area contributed by atoms with Crippen molar-refractivity contribution in [2.75, 3.05) is 6.54 Å². The summed E-state index contributed by atoms with van der Waals surface area (Å²) in [5.74, 6) is 3.16. The largest absolute Gasteiger partial charge is 0.361 e. The minimum absolute atomic E-state index is 0.570. The number of nitrogens with zero attached hydrogens (tertiary/aromatic N) is 4. The zero-order valence-electron chi connectivity index (χ0n) is 12.2. The molecule has 0 bridgehead atoms. The van der Waals surface area contributed by atoms with Gasteiger partial charge in [0.1, 0.15) is 11.6 Å². The molecular weight excluding hydrogens is 274 g/mol. The number of aromatic nitrogens is 4. The number of thioether (sulfide) groups is 1. The van der Waals surface area contributed by atoms with Gasteiger partial charge in [-0.25, -0.2) is 0 Å². The molecular formula is C13H21N5OS. The molecule has 0 unspecified atom stereocenters. The third kappa shape index (κ3) is 3.83. The van der Waals surface area contributed by atoms with E-state index in [2.05, 4.69) is 29.2 Å². The van der Waals surface area contributed by atoms with E-state index in [9.17, 15) is 0 Å². The maximum Gasteiger partial charge on any atom is 0.191 e.